The maximum absolute atomic E-state index is 11.4. The number of ether oxygens (including phenoxy) is 3. The fraction of sp³-hybridized carbons (Fsp3) is 0.270. The summed E-state index contributed by atoms with van der Waals surface area (Å²) in [6, 6.07) is 27.1. The molecule has 0 atom stereocenters. The SMILES string of the molecule is COC(=O)COc1ccc(OC/C=C(\c2ccc(C#CCN3CCCC3)cc2)c2ccc(-c3ccc(C)s3)cc2)cc1C. The lowest BCUT2D eigenvalue weighted by molar-refractivity contribution is -0.142. The molecule has 1 aliphatic rings. The van der Waals surface area contributed by atoms with Gasteiger partial charge in [-0.15, -0.1) is 11.3 Å². The molecule has 0 unspecified atom stereocenters. The third-order valence-electron chi connectivity index (χ3n) is 7.41. The summed E-state index contributed by atoms with van der Waals surface area (Å²) in [6.45, 7) is 7.46. The number of aryl methyl sites for hydroxylation is 2. The maximum Gasteiger partial charge on any atom is 0.343 e. The monoisotopic (exact) mass is 591 g/mol. The van der Waals surface area contributed by atoms with E-state index in [1.807, 2.05) is 25.1 Å². The second kappa shape index (κ2) is 14.7. The average molecular weight is 592 g/mol. The van der Waals surface area contributed by atoms with Crippen LogP contribution < -0.4 is 9.47 Å². The van der Waals surface area contributed by atoms with E-state index in [0.717, 1.165) is 53.2 Å². The summed E-state index contributed by atoms with van der Waals surface area (Å²) in [6.07, 6.45) is 4.68. The summed E-state index contributed by atoms with van der Waals surface area (Å²) in [5, 5.41) is 0. The van der Waals surface area contributed by atoms with E-state index < -0.39 is 5.97 Å². The maximum atomic E-state index is 11.4. The number of likely N-dealkylation sites (tertiary alicyclic amines) is 1. The molecule has 5 nitrogen and oxygen atoms in total. The van der Waals surface area contributed by atoms with Gasteiger partial charge in [0.2, 0.25) is 0 Å². The highest BCUT2D eigenvalue weighted by Gasteiger charge is 2.10. The first kappa shape index (κ1) is 30.2. The van der Waals surface area contributed by atoms with Crippen LogP contribution in [0.25, 0.3) is 16.0 Å². The van der Waals surface area contributed by atoms with Gasteiger partial charge in [0, 0.05) is 15.3 Å². The fourth-order valence-electron chi connectivity index (χ4n) is 5.02. The number of thiophene rings is 1. The van der Waals surface area contributed by atoms with Crippen molar-refractivity contribution in [1.29, 1.82) is 0 Å². The van der Waals surface area contributed by atoms with Crippen LogP contribution in [0.1, 0.15) is 40.0 Å². The van der Waals surface area contributed by atoms with Crippen LogP contribution in [0.4, 0.5) is 0 Å². The van der Waals surface area contributed by atoms with E-state index in [-0.39, 0.29) is 6.61 Å². The Balaban J connectivity index is 1.33. The predicted octanol–water partition coefficient (Wildman–Crippen LogP) is 7.54. The highest BCUT2D eigenvalue weighted by molar-refractivity contribution is 7.15. The van der Waals surface area contributed by atoms with Crippen molar-refractivity contribution in [2.45, 2.75) is 26.7 Å². The zero-order valence-electron chi connectivity index (χ0n) is 25.0. The molecule has 43 heavy (non-hydrogen) atoms. The number of hydrogen-bond donors (Lipinski definition) is 0. The minimum atomic E-state index is -0.418. The molecular formula is C37H37NO4S. The van der Waals surface area contributed by atoms with Gasteiger partial charge in [0.05, 0.1) is 13.7 Å². The molecule has 0 amide bonds. The molecule has 0 N–H and O–H groups in total. The van der Waals surface area contributed by atoms with Crippen LogP contribution in [0.3, 0.4) is 0 Å². The number of benzene rings is 3. The quantitative estimate of drug-likeness (QED) is 0.141. The van der Waals surface area contributed by atoms with Gasteiger partial charge >= 0.3 is 5.97 Å². The van der Waals surface area contributed by atoms with Crippen LogP contribution in [0.15, 0.2) is 84.9 Å². The van der Waals surface area contributed by atoms with Gasteiger partial charge in [-0.25, -0.2) is 4.79 Å². The van der Waals surface area contributed by atoms with Gasteiger partial charge in [-0.05, 0) is 116 Å². The zero-order valence-corrected chi connectivity index (χ0v) is 25.8. The van der Waals surface area contributed by atoms with Crippen molar-refractivity contribution < 1.29 is 19.0 Å². The standard InChI is InChI=1S/C37H37NO4S/c1-27-25-33(17-18-35(27)42-26-37(39)40-3)41-24-20-34(31-13-15-32(16-14-31)36-19-8-28(2)43-36)30-11-9-29(10-12-30)7-6-23-38-21-4-5-22-38/h8-20,25H,4-5,21-24,26H2,1-3H3/b34-20+. The van der Waals surface area contributed by atoms with E-state index in [9.17, 15) is 4.79 Å². The van der Waals surface area contributed by atoms with Gasteiger partial charge in [0.1, 0.15) is 18.1 Å². The Morgan fingerprint density at radius 3 is 2.28 bits per heavy atom. The smallest absolute Gasteiger partial charge is 0.343 e. The molecule has 220 valence electrons. The van der Waals surface area contributed by atoms with Crippen molar-refractivity contribution >= 4 is 22.9 Å². The van der Waals surface area contributed by atoms with E-state index in [2.05, 4.69) is 95.1 Å². The molecule has 2 heterocycles. The molecule has 1 fully saturated rings. The number of esters is 1. The number of rotatable bonds is 10. The average Bonchev–Trinajstić information content (AvgIpc) is 3.71. The summed E-state index contributed by atoms with van der Waals surface area (Å²) in [4.78, 5) is 16.4. The summed E-state index contributed by atoms with van der Waals surface area (Å²) >= 11 is 1.80. The molecule has 5 rings (SSSR count). The summed E-state index contributed by atoms with van der Waals surface area (Å²) < 4.78 is 16.3. The van der Waals surface area contributed by atoms with Crippen molar-refractivity contribution in [1.82, 2.24) is 4.90 Å². The molecule has 0 spiro atoms. The molecular weight excluding hydrogens is 554 g/mol. The predicted molar refractivity (Wildman–Crippen MR) is 175 cm³/mol. The lowest BCUT2D eigenvalue weighted by Crippen LogP contribution is -2.18. The topological polar surface area (TPSA) is 48.0 Å². The Bertz CT molecular complexity index is 1620. The van der Waals surface area contributed by atoms with Crippen LogP contribution in [0, 0.1) is 25.7 Å². The lowest BCUT2D eigenvalue weighted by atomic mass is 9.95. The first-order valence-corrected chi connectivity index (χ1v) is 15.4. The van der Waals surface area contributed by atoms with Gasteiger partial charge in [-0.2, -0.15) is 0 Å². The second-order valence-electron chi connectivity index (χ2n) is 10.6. The highest BCUT2D eigenvalue weighted by Crippen LogP contribution is 2.31. The van der Waals surface area contributed by atoms with E-state index in [1.165, 1.54) is 35.3 Å². The van der Waals surface area contributed by atoms with Crippen LogP contribution in [-0.4, -0.2) is 50.8 Å². The van der Waals surface area contributed by atoms with Gasteiger partial charge in [0.25, 0.3) is 0 Å². The van der Waals surface area contributed by atoms with Crippen molar-refractivity contribution in [3.05, 3.63) is 112 Å². The van der Waals surface area contributed by atoms with E-state index in [1.54, 1.807) is 11.3 Å². The van der Waals surface area contributed by atoms with Gasteiger partial charge in [-0.1, -0.05) is 48.2 Å². The number of methoxy groups -OCH3 is 1. The number of hydrogen-bond acceptors (Lipinski definition) is 6. The molecule has 1 saturated heterocycles. The summed E-state index contributed by atoms with van der Waals surface area (Å²) in [5.41, 5.74) is 6.44. The third-order valence-corrected chi connectivity index (χ3v) is 8.46. The molecule has 1 aromatic heterocycles. The largest absolute Gasteiger partial charge is 0.489 e. The zero-order chi connectivity index (χ0) is 30.0. The van der Waals surface area contributed by atoms with E-state index >= 15 is 0 Å². The van der Waals surface area contributed by atoms with Crippen LogP contribution in [-0.2, 0) is 9.53 Å². The number of nitrogens with zero attached hydrogens (tertiary/aromatic N) is 1. The fourth-order valence-corrected chi connectivity index (χ4v) is 5.90. The highest BCUT2D eigenvalue weighted by atomic mass is 32.1. The molecule has 0 aliphatic carbocycles. The van der Waals surface area contributed by atoms with E-state index in [4.69, 9.17) is 9.47 Å². The molecule has 0 saturated carbocycles. The summed E-state index contributed by atoms with van der Waals surface area (Å²) in [5.74, 6) is 7.60. The van der Waals surface area contributed by atoms with Gasteiger partial charge in [0.15, 0.2) is 6.61 Å². The Morgan fingerprint density at radius 2 is 1.63 bits per heavy atom. The van der Waals surface area contributed by atoms with Crippen LogP contribution in [0.5, 0.6) is 11.5 Å². The number of carbonyl (C=O) groups excluding carboxylic acids is 1. The number of carbonyl (C=O) groups is 1. The van der Waals surface area contributed by atoms with Crippen LogP contribution in [0.2, 0.25) is 0 Å². The van der Waals surface area contributed by atoms with Crippen molar-refractivity contribution in [2.75, 3.05) is 40.0 Å². The first-order valence-electron chi connectivity index (χ1n) is 14.6. The lowest BCUT2D eigenvalue weighted by Gasteiger charge is -2.12. The Hall–Kier alpha value is -4.31. The molecule has 1 aliphatic heterocycles. The Labute approximate surface area is 258 Å². The summed E-state index contributed by atoms with van der Waals surface area (Å²) in [7, 11) is 1.34. The Kier molecular flexibility index (Phi) is 10.3. The molecule has 3 aromatic carbocycles. The van der Waals surface area contributed by atoms with E-state index in [0.29, 0.717) is 12.4 Å². The molecule has 0 radical (unpaired) electrons. The molecule has 4 aromatic rings. The molecule has 6 heteroatoms. The van der Waals surface area contributed by atoms with Crippen molar-refractivity contribution in [2.24, 2.45) is 0 Å². The third kappa shape index (κ3) is 8.38. The van der Waals surface area contributed by atoms with Crippen molar-refractivity contribution in [3.63, 3.8) is 0 Å². The Morgan fingerprint density at radius 1 is 0.907 bits per heavy atom. The molecule has 0 bridgehead atoms. The second-order valence-corrected chi connectivity index (χ2v) is 11.9. The first-order chi connectivity index (χ1) is 21.0. The minimum absolute atomic E-state index is 0.128. The van der Waals surface area contributed by atoms with Gasteiger partial charge in [-0.3, -0.25) is 4.90 Å². The normalized spacial score (nSPS) is 13.3. The van der Waals surface area contributed by atoms with Crippen LogP contribution >= 0.6 is 11.3 Å². The van der Waals surface area contributed by atoms with Gasteiger partial charge < -0.3 is 14.2 Å². The van der Waals surface area contributed by atoms with Crippen molar-refractivity contribution in [3.8, 4) is 33.8 Å². The minimum Gasteiger partial charge on any atom is -0.489 e.